The van der Waals surface area contributed by atoms with Gasteiger partial charge in [0.15, 0.2) is 0 Å². The Balaban J connectivity index is 1.87. The third-order valence-corrected chi connectivity index (χ3v) is 4.11. The van der Waals surface area contributed by atoms with E-state index in [0.29, 0.717) is 11.5 Å². The summed E-state index contributed by atoms with van der Waals surface area (Å²) >= 11 is 0. The van der Waals surface area contributed by atoms with Crippen LogP contribution in [0.4, 0.5) is 0 Å². The maximum atomic E-state index is 9.01. The van der Waals surface area contributed by atoms with Gasteiger partial charge in [0.25, 0.3) is 0 Å². The van der Waals surface area contributed by atoms with Gasteiger partial charge in [-0.3, -0.25) is 0 Å². The molecule has 0 bridgehead atoms. The van der Waals surface area contributed by atoms with Crippen molar-refractivity contribution >= 4 is 0 Å². The number of rotatable bonds is 4. The summed E-state index contributed by atoms with van der Waals surface area (Å²) in [6.07, 6.45) is 2.58. The first-order valence-electron chi connectivity index (χ1n) is 6.92. The standard InChI is InChI=1S/C16H25NO/c1-12-8-16(2,3)9-15(12)17-10-13-4-6-14(11-18)7-5-13/h4-7,12,15,17-18H,8-11H2,1-3H3. The van der Waals surface area contributed by atoms with Crippen LogP contribution < -0.4 is 5.32 Å². The van der Waals surface area contributed by atoms with Crippen molar-refractivity contribution < 1.29 is 5.11 Å². The van der Waals surface area contributed by atoms with Gasteiger partial charge in [-0.25, -0.2) is 0 Å². The first-order chi connectivity index (χ1) is 8.50. The minimum absolute atomic E-state index is 0.127. The van der Waals surface area contributed by atoms with E-state index in [9.17, 15) is 0 Å². The number of nitrogens with one attached hydrogen (secondary N) is 1. The highest BCUT2D eigenvalue weighted by molar-refractivity contribution is 5.21. The molecule has 0 spiro atoms. The van der Waals surface area contributed by atoms with Gasteiger partial charge in [0.05, 0.1) is 6.61 Å². The van der Waals surface area contributed by atoms with E-state index in [4.69, 9.17) is 5.11 Å². The minimum atomic E-state index is 0.127. The lowest BCUT2D eigenvalue weighted by atomic mass is 9.91. The predicted molar refractivity (Wildman–Crippen MR) is 75.2 cm³/mol. The van der Waals surface area contributed by atoms with Crippen LogP contribution in [0.1, 0.15) is 44.7 Å². The summed E-state index contributed by atoms with van der Waals surface area (Å²) in [6.45, 7) is 8.13. The van der Waals surface area contributed by atoms with Crippen molar-refractivity contribution in [1.29, 1.82) is 0 Å². The quantitative estimate of drug-likeness (QED) is 0.857. The van der Waals surface area contributed by atoms with Crippen LogP contribution in [0.5, 0.6) is 0 Å². The van der Waals surface area contributed by atoms with Gasteiger partial charge >= 0.3 is 0 Å². The van der Waals surface area contributed by atoms with E-state index >= 15 is 0 Å². The van der Waals surface area contributed by atoms with E-state index < -0.39 is 0 Å². The molecule has 1 aliphatic carbocycles. The average Bonchev–Trinajstić information content (AvgIpc) is 2.60. The van der Waals surface area contributed by atoms with Gasteiger partial charge in [-0.05, 0) is 35.3 Å². The van der Waals surface area contributed by atoms with Gasteiger partial charge in [-0.2, -0.15) is 0 Å². The molecule has 1 aromatic rings. The highest BCUT2D eigenvalue weighted by Gasteiger charge is 2.36. The van der Waals surface area contributed by atoms with Crippen molar-refractivity contribution in [2.75, 3.05) is 0 Å². The molecule has 2 nitrogen and oxygen atoms in total. The summed E-state index contributed by atoms with van der Waals surface area (Å²) in [5.74, 6) is 0.761. The summed E-state index contributed by atoms with van der Waals surface area (Å²) in [5.41, 5.74) is 2.76. The Labute approximate surface area is 110 Å². The van der Waals surface area contributed by atoms with Crippen LogP contribution >= 0.6 is 0 Å². The van der Waals surface area contributed by atoms with E-state index in [1.807, 2.05) is 12.1 Å². The van der Waals surface area contributed by atoms with Crippen molar-refractivity contribution in [2.45, 2.75) is 52.8 Å². The van der Waals surface area contributed by atoms with Crippen LogP contribution in [-0.4, -0.2) is 11.1 Å². The second-order valence-electron chi connectivity index (χ2n) is 6.51. The lowest BCUT2D eigenvalue weighted by Crippen LogP contribution is -2.31. The zero-order valence-corrected chi connectivity index (χ0v) is 11.7. The SMILES string of the molecule is CC1CC(C)(C)CC1NCc1ccc(CO)cc1. The number of aliphatic hydroxyl groups is 1. The van der Waals surface area contributed by atoms with Crippen LogP contribution in [-0.2, 0) is 13.2 Å². The van der Waals surface area contributed by atoms with Crippen molar-refractivity contribution in [1.82, 2.24) is 5.32 Å². The molecule has 0 radical (unpaired) electrons. The Hall–Kier alpha value is -0.860. The summed E-state index contributed by atoms with van der Waals surface area (Å²) in [7, 11) is 0. The molecule has 1 aromatic carbocycles. The average molecular weight is 247 g/mol. The third-order valence-electron chi connectivity index (χ3n) is 4.11. The Kier molecular flexibility index (Phi) is 4.08. The van der Waals surface area contributed by atoms with Crippen molar-refractivity contribution in [3.8, 4) is 0 Å². The summed E-state index contributed by atoms with van der Waals surface area (Å²) in [4.78, 5) is 0. The first-order valence-corrected chi connectivity index (χ1v) is 6.92. The molecule has 0 saturated heterocycles. The van der Waals surface area contributed by atoms with Gasteiger partial charge in [0.2, 0.25) is 0 Å². The zero-order valence-electron chi connectivity index (χ0n) is 11.7. The third kappa shape index (κ3) is 3.33. The van der Waals surface area contributed by atoms with Gasteiger partial charge in [0.1, 0.15) is 0 Å². The second-order valence-corrected chi connectivity index (χ2v) is 6.51. The highest BCUT2D eigenvalue weighted by Crippen LogP contribution is 2.40. The zero-order chi connectivity index (χ0) is 13.2. The summed E-state index contributed by atoms with van der Waals surface area (Å²) in [6, 6.07) is 8.84. The molecule has 1 fully saturated rings. The van der Waals surface area contributed by atoms with Crippen LogP contribution in [0, 0.1) is 11.3 Å². The van der Waals surface area contributed by atoms with Crippen molar-refractivity contribution in [3.63, 3.8) is 0 Å². The minimum Gasteiger partial charge on any atom is -0.392 e. The second kappa shape index (κ2) is 5.41. The Morgan fingerprint density at radius 3 is 2.28 bits per heavy atom. The molecule has 0 amide bonds. The number of benzene rings is 1. The smallest absolute Gasteiger partial charge is 0.0681 e. The van der Waals surface area contributed by atoms with E-state index in [1.165, 1.54) is 18.4 Å². The monoisotopic (exact) mass is 247 g/mol. The molecule has 1 aliphatic rings. The molecule has 18 heavy (non-hydrogen) atoms. The normalized spacial score (nSPS) is 26.4. The van der Waals surface area contributed by atoms with E-state index in [0.717, 1.165) is 18.0 Å². The van der Waals surface area contributed by atoms with Crippen molar-refractivity contribution in [2.24, 2.45) is 11.3 Å². The molecule has 2 heteroatoms. The fourth-order valence-electron chi connectivity index (χ4n) is 3.18. The molecular weight excluding hydrogens is 222 g/mol. The molecule has 2 rings (SSSR count). The molecule has 100 valence electrons. The highest BCUT2D eigenvalue weighted by atomic mass is 16.3. The van der Waals surface area contributed by atoms with Crippen LogP contribution in [0.25, 0.3) is 0 Å². The maximum Gasteiger partial charge on any atom is 0.0681 e. The number of hydrogen-bond acceptors (Lipinski definition) is 2. The topological polar surface area (TPSA) is 32.3 Å². The summed E-state index contributed by atoms with van der Waals surface area (Å²) in [5, 5.41) is 12.7. The van der Waals surface area contributed by atoms with E-state index in [1.54, 1.807) is 0 Å². The fraction of sp³-hybridized carbons (Fsp3) is 0.625. The van der Waals surface area contributed by atoms with Gasteiger partial charge in [-0.1, -0.05) is 45.0 Å². The molecule has 0 aliphatic heterocycles. The summed E-state index contributed by atoms with van der Waals surface area (Å²) < 4.78 is 0. The van der Waals surface area contributed by atoms with E-state index in [2.05, 4.69) is 38.2 Å². The van der Waals surface area contributed by atoms with Crippen LogP contribution in [0.3, 0.4) is 0 Å². The van der Waals surface area contributed by atoms with E-state index in [-0.39, 0.29) is 6.61 Å². The maximum absolute atomic E-state index is 9.01. The molecule has 2 unspecified atom stereocenters. The van der Waals surface area contributed by atoms with Gasteiger partial charge < -0.3 is 10.4 Å². The molecule has 1 saturated carbocycles. The lowest BCUT2D eigenvalue weighted by Gasteiger charge is -2.18. The Morgan fingerprint density at radius 2 is 1.78 bits per heavy atom. The number of hydrogen-bond donors (Lipinski definition) is 2. The van der Waals surface area contributed by atoms with Crippen LogP contribution in [0.2, 0.25) is 0 Å². The molecule has 2 N–H and O–H groups in total. The van der Waals surface area contributed by atoms with Gasteiger partial charge in [0, 0.05) is 12.6 Å². The lowest BCUT2D eigenvalue weighted by molar-refractivity contribution is 0.282. The molecule has 2 atom stereocenters. The first kappa shape index (κ1) is 13.6. The Morgan fingerprint density at radius 1 is 1.17 bits per heavy atom. The predicted octanol–water partition coefficient (Wildman–Crippen LogP) is 3.09. The van der Waals surface area contributed by atoms with Gasteiger partial charge in [-0.15, -0.1) is 0 Å². The number of aliphatic hydroxyl groups excluding tert-OH is 1. The molecule has 0 heterocycles. The van der Waals surface area contributed by atoms with Crippen molar-refractivity contribution in [3.05, 3.63) is 35.4 Å². The largest absolute Gasteiger partial charge is 0.392 e. The molecular formula is C16H25NO. The fourth-order valence-corrected chi connectivity index (χ4v) is 3.18. The van der Waals surface area contributed by atoms with Crippen LogP contribution in [0.15, 0.2) is 24.3 Å². The Bertz CT molecular complexity index is 383. The molecule has 0 aromatic heterocycles.